The molecular formula is C13H17ClN2O2. The molecule has 0 spiro atoms. The highest BCUT2D eigenvalue weighted by atomic mass is 35.5. The monoisotopic (exact) mass is 268 g/mol. The van der Waals surface area contributed by atoms with Gasteiger partial charge in [0.1, 0.15) is 6.07 Å². The van der Waals surface area contributed by atoms with E-state index in [-0.39, 0.29) is 12.6 Å². The molecule has 0 amide bonds. The largest absolute Gasteiger partial charge is 0.396 e. The molecule has 0 aliphatic heterocycles. The average Bonchev–Trinajstić information content (AvgIpc) is 2.33. The molecule has 0 saturated carbocycles. The number of aliphatic hydroxyl groups is 2. The Morgan fingerprint density at radius 1 is 1.44 bits per heavy atom. The summed E-state index contributed by atoms with van der Waals surface area (Å²) in [6, 6.07) is 5.23. The van der Waals surface area contributed by atoms with Gasteiger partial charge in [-0.2, -0.15) is 5.26 Å². The minimum Gasteiger partial charge on any atom is -0.396 e. The van der Waals surface area contributed by atoms with Crippen molar-refractivity contribution in [2.24, 2.45) is 0 Å². The zero-order valence-electron chi connectivity index (χ0n) is 10.4. The first-order chi connectivity index (χ1) is 8.51. The van der Waals surface area contributed by atoms with Gasteiger partial charge in [-0.25, -0.2) is 0 Å². The van der Waals surface area contributed by atoms with Crippen LogP contribution in [0.3, 0.4) is 0 Å². The third kappa shape index (κ3) is 3.36. The quantitative estimate of drug-likeness (QED) is 0.763. The zero-order chi connectivity index (χ0) is 13.7. The van der Waals surface area contributed by atoms with E-state index in [1.807, 2.05) is 13.0 Å². The number of aliphatic hydroxyl groups excluding tert-OH is 2. The number of anilines is 1. The van der Waals surface area contributed by atoms with Crippen LogP contribution in [0.15, 0.2) is 12.1 Å². The summed E-state index contributed by atoms with van der Waals surface area (Å²) in [6.45, 7) is 3.49. The molecule has 3 N–H and O–H groups in total. The van der Waals surface area contributed by atoms with Crippen molar-refractivity contribution in [3.05, 3.63) is 28.3 Å². The molecule has 0 heterocycles. The van der Waals surface area contributed by atoms with Crippen molar-refractivity contribution in [2.75, 3.05) is 11.9 Å². The van der Waals surface area contributed by atoms with Crippen LogP contribution < -0.4 is 5.32 Å². The van der Waals surface area contributed by atoms with Gasteiger partial charge in [0.15, 0.2) is 0 Å². The van der Waals surface area contributed by atoms with Crippen molar-refractivity contribution in [2.45, 2.75) is 32.4 Å². The van der Waals surface area contributed by atoms with Crippen LogP contribution in [0.2, 0.25) is 5.02 Å². The van der Waals surface area contributed by atoms with E-state index in [4.69, 9.17) is 22.0 Å². The van der Waals surface area contributed by atoms with Gasteiger partial charge in [0.2, 0.25) is 0 Å². The number of hydrogen-bond donors (Lipinski definition) is 3. The van der Waals surface area contributed by atoms with E-state index in [9.17, 15) is 5.11 Å². The predicted molar refractivity (Wildman–Crippen MR) is 71.7 cm³/mol. The van der Waals surface area contributed by atoms with Gasteiger partial charge in [-0.15, -0.1) is 0 Å². The number of nitriles is 1. The number of rotatable bonds is 5. The molecule has 1 aromatic carbocycles. The lowest BCUT2D eigenvalue weighted by Crippen LogP contribution is -2.28. The van der Waals surface area contributed by atoms with Crippen LogP contribution in [0, 0.1) is 11.3 Å². The fourth-order valence-corrected chi connectivity index (χ4v) is 1.87. The Labute approximate surface area is 112 Å². The fourth-order valence-electron chi connectivity index (χ4n) is 1.56. The van der Waals surface area contributed by atoms with Crippen molar-refractivity contribution in [3.8, 4) is 6.07 Å². The maximum atomic E-state index is 9.48. The molecule has 4 nitrogen and oxygen atoms in total. The molecule has 0 radical (unpaired) electrons. The normalized spacial score (nSPS) is 13.8. The van der Waals surface area contributed by atoms with Gasteiger partial charge < -0.3 is 15.5 Å². The van der Waals surface area contributed by atoms with E-state index in [0.717, 1.165) is 5.69 Å². The Morgan fingerprint density at radius 3 is 2.61 bits per heavy atom. The van der Waals surface area contributed by atoms with Crippen LogP contribution in [0.25, 0.3) is 0 Å². The molecular weight excluding hydrogens is 252 g/mol. The van der Waals surface area contributed by atoms with E-state index in [0.29, 0.717) is 22.6 Å². The van der Waals surface area contributed by atoms with Gasteiger partial charge in [0, 0.05) is 18.3 Å². The molecule has 0 bridgehead atoms. The minimum atomic E-state index is -0.513. The summed E-state index contributed by atoms with van der Waals surface area (Å²) in [5.74, 6) is 0. The van der Waals surface area contributed by atoms with E-state index in [1.54, 1.807) is 19.1 Å². The van der Waals surface area contributed by atoms with Crippen molar-refractivity contribution < 1.29 is 10.2 Å². The second-order valence-corrected chi connectivity index (χ2v) is 4.59. The number of halogens is 1. The first kappa shape index (κ1) is 14.8. The maximum Gasteiger partial charge on any atom is 0.101 e. The molecule has 98 valence electrons. The van der Waals surface area contributed by atoms with Gasteiger partial charge in [-0.3, -0.25) is 0 Å². The van der Waals surface area contributed by atoms with Crippen molar-refractivity contribution in [1.82, 2.24) is 0 Å². The Morgan fingerprint density at radius 2 is 2.11 bits per heavy atom. The molecule has 0 aliphatic carbocycles. The standard InChI is InChI=1S/C13H17ClN2O2/c1-8(9(2)18)16-12-4-3-10(7-15)13(14)11(12)5-6-17/h3-4,8-9,16-18H,5-6H2,1-2H3. The van der Waals surface area contributed by atoms with Crippen molar-refractivity contribution >= 4 is 17.3 Å². The smallest absolute Gasteiger partial charge is 0.101 e. The zero-order valence-corrected chi connectivity index (χ0v) is 11.2. The van der Waals surface area contributed by atoms with Crippen LogP contribution in [-0.4, -0.2) is 29.0 Å². The van der Waals surface area contributed by atoms with Gasteiger partial charge >= 0.3 is 0 Å². The third-order valence-electron chi connectivity index (χ3n) is 2.83. The number of nitrogens with one attached hydrogen (secondary N) is 1. The Kier molecular flexibility index (Phi) is 5.42. The molecule has 2 atom stereocenters. The van der Waals surface area contributed by atoms with E-state index >= 15 is 0 Å². The van der Waals surface area contributed by atoms with Gasteiger partial charge in [0.05, 0.1) is 16.7 Å². The molecule has 2 unspecified atom stereocenters. The van der Waals surface area contributed by atoms with E-state index < -0.39 is 6.10 Å². The second-order valence-electron chi connectivity index (χ2n) is 4.21. The summed E-state index contributed by atoms with van der Waals surface area (Å²) >= 11 is 6.12. The Bertz CT molecular complexity index is 455. The number of benzene rings is 1. The van der Waals surface area contributed by atoms with Gasteiger partial charge in [-0.1, -0.05) is 11.6 Å². The summed E-state index contributed by atoms with van der Waals surface area (Å²) in [6.07, 6.45) is -0.148. The van der Waals surface area contributed by atoms with Gasteiger partial charge in [-0.05, 0) is 38.0 Å². The number of nitrogens with zero attached hydrogens (tertiary/aromatic N) is 1. The summed E-state index contributed by atoms with van der Waals surface area (Å²) in [7, 11) is 0. The third-order valence-corrected chi connectivity index (χ3v) is 3.26. The number of hydrogen-bond acceptors (Lipinski definition) is 4. The van der Waals surface area contributed by atoms with Crippen LogP contribution in [-0.2, 0) is 6.42 Å². The fraction of sp³-hybridized carbons (Fsp3) is 0.462. The van der Waals surface area contributed by atoms with E-state index in [2.05, 4.69) is 5.32 Å². The first-order valence-electron chi connectivity index (χ1n) is 5.78. The molecule has 1 aromatic rings. The highest BCUT2D eigenvalue weighted by Gasteiger charge is 2.15. The summed E-state index contributed by atoms with van der Waals surface area (Å²) in [4.78, 5) is 0. The molecule has 1 rings (SSSR count). The second kappa shape index (κ2) is 6.60. The Hall–Kier alpha value is -1.28. The first-order valence-corrected chi connectivity index (χ1v) is 6.16. The van der Waals surface area contributed by atoms with Crippen LogP contribution >= 0.6 is 11.6 Å². The van der Waals surface area contributed by atoms with Crippen LogP contribution in [0.5, 0.6) is 0 Å². The molecule has 0 aliphatic rings. The van der Waals surface area contributed by atoms with E-state index in [1.165, 1.54) is 0 Å². The predicted octanol–water partition coefficient (Wildman–Crippen LogP) is 1.93. The highest BCUT2D eigenvalue weighted by molar-refractivity contribution is 6.33. The topological polar surface area (TPSA) is 76.3 Å². The molecule has 5 heteroatoms. The van der Waals surface area contributed by atoms with Crippen LogP contribution in [0.4, 0.5) is 5.69 Å². The highest BCUT2D eigenvalue weighted by Crippen LogP contribution is 2.29. The SMILES string of the molecule is CC(O)C(C)Nc1ccc(C#N)c(Cl)c1CCO. The minimum absolute atomic E-state index is 0.0493. The lowest BCUT2D eigenvalue weighted by atomic mass is 10.0. The van der Waals surface area contributed by atoms with Gasteiger partial charge in [0.25, 0.3) is 0 Å². The molecule has 18 heavy (non-hydrogen) atoms. The maximum absolute atomic E-state index is 9.48. The van der Waals surface area contributed by atoms with Crippen molar-refractivity contribution in [1.29, 1.82) is 5.26 Å². The van der Waals surface area contributed by atoms with Crippen LogP contribution in [0.1, 0.15) is 25.0 Å². The lowest BCUT2D eigenvalue weighted by Gasteiger charge is -2.21. The molecule has 0 fully saturated rings. The molecule has 0 saturated heterocycles. The summed E-state index contributed by atoms with van der Waals surface area (Å²) in [5.41, 5.74) is 1.82. The lowest BCUT2D eigenvalue weighted by molar-refractivity contribution is 0.178. The average molecular weight is 269 g/mol. The molecule has 0 aromatic heterocycles. The Balaban J connectivity index is 3.12. The summed E-state index contributed by atoms with van der Waals surface area (Å²) < 4.78 is 0. The summed E-state index contributed by atoms with van der Waals surface area (Å²) in [5, 5.41) is 30.9. The van der Waals surface area contributed by atoms with Crippen molar-refractivity contribution in [3.63, 3.8) is 0 Å².